The highest BCUT2D eigenvalue weighted by Gasteiger charge is 2.08. The molecule has 0 atom stereocenters. The van der Waals surface area contributed by atoms with Crippen LogP contribution in [-0.2, 0) is 17.8 Å². The summed E-state index contributed by atoms with van der Waals surface area (Å²) in [5.41, 5.74) is 14.8. The van der Waals surface area contributed by atoms with Gasteiger partial charge in [0.2, 0.25) is 0 Å². The number of aryl methyl sites for hydroxylation is 1. The van der Waals surface area contributed by atoms with E-state index in [9.17, 15) is 4.79 Å². The van der Waals surface area contributed by atoms with Crippen LogP contribution in [0.25, 0.3) is 0 Å². The number of nitrogen functional groups attached to an aromatic ring is 1. The lowest BCUT2D eigenvalue weighted by atomic mass is 9.98. The van der Waals surface area contributed by atoms with Gasteiger partial charge in [0.1, 0.15) is 18.1 Å². The molecule has 0 radical (unpaired) electrons. The van der Waals surface area contributed by atoms with Crippen LogP contribution in [0.5, 0.6) is 17.2 Å². The molecule has 2 aromatic rings. The van der Waals surface area contributed by atoms with Crippen molar-refractivity contribution in [1.29, 1.82) is 0 Å². The first-order chi connectivity index (χ1) is 12.9. The van der Waals surface area contributed by atoms with Gasteiger partial charge < -0.3 is 20.9 Å². The van der Waals surface area contributed by atoms with Crippen molar-refractivity contribution in [3.63, 3.8) is 0 Å². The summed E-state index contributed by atoms with van der Waals surface area (Å²) in [5, 5.41) is 0. The Balaban J connectivity index is 2.07. The van der Waals surface area contributed by atoms with Crippen LogP contribution in [0.2, 0.25) is 0 Å². The van der Waals surface area contributed by atoms with Crippen LogP contribution in [-0.4, -0.2) is 12.4 Å². The van der Waals surface area contributed by atoms with Crippen molar-refractivity contribution >= 4 is 11.5 Å². The van der Waals surface area contributed by atoms with Crippen molar-refractivity contribution < 1.29 is 14.3 Å². The number of ketones is 1. The molecule has 0 saturated carbocycles. The third-order valence-corrected chi connectivity index (χ3v) is 4.28. The Morgan fingerprint density at radius 1 is 1.07 bits per heavy atom. The van der Waals surface area contributed by atoms with Crippen LogP contribution in [0.4, 0.5) is 5.69 Å². The van der Waals surface area contributed by atoms with Crippen LogP contribution < -0.4 is 20.9 Å². The lowest BCUT2D eigenvalue weighted by Crippen LogP contribution is -2.06. The monoisotopic (exact) mass is 370 g/mol. The molecular weight excluding hydrogens is 340 g/mol. The summed E-state index contributed by atoms with van der Waals surface area (Å²) >= 11 is 0. The number of anilines is 1. The summed E-state index contributed by atoms with van der Waals surface area (Å²) in [6, 6.07) is 11.1. The molecule has 0 heterocycles. The second kappa shape index (κ2) is 9.97. The highest BCUT2D eigenvalue weighted by atomic mass is 16.5. The molecule has 5 heteroatoms. The molecule has 0 bridgehead atoms. The normalized spacial score (nSPS) is 10.9. The lowest BCUT2D eigenvalue weighted by molar-refractivity contribution is -0.118. The predicted octanol–water partition coefficient (Wildman–Crippen LogP) is 4.47. The summed E-state index contributed by atoms with van der Waals surface area (Å²) in [7, 11) is 0. The van der Waals surface area contributed by atoms with E-state index in [0.29, 0.717) is 35.4 Å². The van der Waals surface area contributed by atoms with E-state index in [1.165, 1.54) is 18.9 Å². The molecule has 2 aromatic carbocycles. The molecule has 0 spiro atoms. The first-order valence-corrected chi connectivity index (χ1v) is 9.40. The molecular formula is C22H30N2O3. The molecule has 5 nitrogen and oxygen atoms in total. The molecule has 4 N–H and O–H groups in total. The van der Waals surface area contributed by atoms with E-state index >= 15 is 0 Å². The summed E-state index contributed by atoms with van der Waals surface area (Å²) in [4.78, 5) is 11.0. The van der Waals surface area contributed by atoms with Crippen LogP contribution in [0.3, 0.4) is 0 Å². The summed E-state index contributed by atoms with van der Waals surface area (Å²) in [6.45, 7) is 6.45. The minimum absolute atomic E-state index is 0.0256. The molecule has 0 aromatic heterocycles. The molecule has 0 aliphatic rings. The number of benzene rings is 2. The number of Topliss-reactive ketones (excluding diaryl/α,β-unsaturated/α-hetero) is 1. The maximum atomic E-state index is 11.0. The minimum atomic E-state index is -0.0447. The van der Waals surface area contributed by atoms with Crippen LogP contribution >= 0.6 is 0 Å². The maximum Gasteiger partial charge on any atom is 0.167 e. The Morgan fingerprint density at radius 3 is 2.44 bits per heavy atom. The SMILES string of the molecule is CC(=O)COc1ccc(Oc2ccc(CCCC(C)C)c(CN)c2)c(N)c1. The molecule has 0 aliphatic heterocycles. The minimum Gasteiger partial charge on any atom is -0.486 e. The third kappa shape index (κ3) is 6.61. The van der Waals surface area contributed by atoms with Gasteiger partial charge in [0.15, 0.2) is 11.5 Å². The van der Waals surface area contributed by atoms with Gasteiger partial charge in [0.05, 0.1) is 5.69 Å². The predicted molar refractivity (Wildman–Crippen MR) is 109 cm³/mol. The van der Waals surface area contributed by atoms with E-state index in [0.717, 1.165) is 18.4 Å². The van der Waals surface area contributed by atoms with Crippen LogP contribution in [0.1, 0.15) is 44.7 Å². The Hall–Kier alpha value is -2.53. The maximum absolute atomic E-state index is 11.0. The zero-order valence-electron chi connectivity index (χ0n) is 16.5. The summed E-state index contributed by atoms with van der Waals surface area (Å²) in [5.74, 6) is 2.45. The van der Waals surface area contributed by atoms with Crippen molar-refractivity contribution in [2.75, 3.05) is 12.3 Å². The van der Waals surface area contributed by atoms with Crippen molar-refractivity contribution in [1.82, 2.24) is 0 Å². The number of carbonyl (C=O) groups excluding carboxylic acids is 1. The van der Waals surface area contributed by atoms with E-state index < -0.39 is 0 Å². The topological polar surface area (TPSA) is 87.6 Å². The highest BCUT2D eigenvalue weighted by Crippen LogP contribution is 2.32. The number of carbonyl (C=O) groups is 1. The van der Waals surface area contributed by atoms with Gasteiger partial charge in [-0.3, -0.25) is 4.79 Å². The van der Waals surface area contributed by atoms with Crippen LogP contribution in [0.15, 0.2) is 36.4 Å². The first kappa shape index (κ1) is 20.8. The van der Waals surface area contributed by atoms with Gasteiger partial charge in [0.25, 0.3) is 0 Å². The second-order valence-corrected chi connectivity index (χ2v) is 7.21. The number of nitrogens with two attached hydrogens (primary N) is 2. The zero-order valence-corrected chi connectivity index (χ0v) is 16.5. The van der Waals surface area contributed by atoms with E-state index in [4.69, 9.17) is 20.9 Å². The average molecular weight is 370 g/mol. The number of hydrogen-bond acceptors (Lipinski definition) is 5. The molecule has 0 amide bonds. The Labute approximate surface area is 161 Å². The molecule has 0 aliphatic carbocycles. The molecule has 146 valence electrons. The van der Waals surface area contributed by atoms with E-state index in [1.54, 1.807) is 18.2 Å². The van der Waals surface area contributed by atoms with Crippen molar-refractivity contribution in [3.8, 4) is 17.2 Å². The smallest absolute Gasteiger partial charge is 0.167 e. The van der Waals surface area contributed by atoms with Crippen molar-refractivity contribution in [2.45, 2.75) is 46.6 Å². The zero-order chi connectivity index (χ0) is 19.8. The molecule has 0 saturated heterocycles. The van der Waals surface area contributed by atoms with Gasteiger partial charge >= 0.3 is 0 Å². The number of ether oxygens (including phenoxy) is 2. The standard InChI is InChI=1S/C22H30N2O3/c1-15(2)5-4-6-17-7-8-20(11-18(17)13-23)27-22-10-9-19(12-21(22)24)26-14-16(3)25/h7-12,15H,4-6,13-14,23-24H2,1-3H3. The van der Waals surface area contributed by atoms with Gasteiger partial charge in [0, 0.05) is 12.6 Å². The molecule has 27 heavy (non-hydrogen) atoms. The quantitative estimate of drug-likeness (QED) is 0.603. The molecule has 0 fully saturated rings. The molecule has 2 rings (SSSR count). The van der Waals surface area contributed by atoms with Gasteiger partial charge in [-0.05, 0) is 61.1 Å². The van der Waals surface area contributed by atoms with Crippen LogP contribution in [0, 0.1) is 5.92 Å². The lowest BCUT2D eigenvalue weighted by Gasteiger charge is -2.14. The van der Waals surface area contributed by atoms with Gasteiger partial charge in [-0.15, -0.1) is 0 Å². The third-order valence-electron chi connectivity index (χ3n) is 4.28. The van der Waals surface area contributed by atoms with Gasteiger partial charge in [-0.2, -0.15) is 0 Å². The first-order valence-electron chi connectivity index (χ1n) is 9.40. The number of hydrogen-bond donors (Lipinski definition) is 2. The van der Waals surface area contributed by atoms with E-state index in [2.05, 4.69) is 19.9 Å². The summed E-state index contributed by atoms with van der Waals surface area (Å²) in [6.07, 6.45) is 3.38. The molecule has 0 unspecified atom stereocenters. The van der Waals surface area contributed by atoms with Gasteiger partial charge in [-0.25, -0.2) is 0 Å². The fraction of sp³-hybridized carbons (Fsp3) is 0.409. The number of rotatable bonds is 10. The second-order valence-electron chi connectivity index (χ2n) is 7.21. The van der Waals surface area contributed by atoms with E-state index in [-0.39, 0.29) is 12.4 Å². The van der Waals surface area contributed by atoms with Gasteiger partial charge in [-0.1, -0.05) is 26.3 Å². The largest absolute Gasteiger partial charge is 0.486 e. The fourth-order valence-corrected chi connectivity index (χ4v) is 2.82. The van der Waals surface area contributed by atoms with E-state index in [1.807, 2.05) is 12.1 Å². The van der Waals surface area contributed by atoms with Crippen molar-refractivity contribution in [2.24, 2.45) is 11.7 Å². The fourth-order valence-electron chi connectivity index (χ4n) is 2.82. The average Bonchev–Trinajstić information content (AvgIpc) is 2.62. The Bertz CT molecular complexity index is 772. The van der Waals surface area contributed by atoms with Crippen molar-refractivity contribution in [3.05, 3.63) is 47.5 Å². The summed E-state index contributed by atoms with van der Waals surface area (Å²) < 4.78 is 11.3. The Morgan fingerprint density at radius 2 is 1.81 bits per heavy atom. The highest BCUT2D eigenvalue weighted by molar-refractivity contribution is 5.77. The Kier molecular flexibility index (Phi) is 7.67.